The number of hydrazone groups is 1. The summed E-state index contributed by atoms with van der Waals surface area (Å²) < 4.78 is 27.8. The lowest BCUT2D eigenvalue weighted by Crippen LogP contribution is -2.28. The number of carbonyl (C=O) groups is 1. The maximum Gasteiger partial charge on any atom is 0.307 e. The molecule has 0 bridgehead atoms. The molecule has 8 heteroatoms. The lowest BCUT2D eigenvalue weighted by molar-refractivity contribution is -0.114. The molecule has 3 aromatic rings. The maximum absolute atomic E-state index is 13.0. The minimum atomic E-state index is -3.70. The van der Waals surface area contributed by atoms with E-state index in [2.05, 4.69) is 5.10 Å². The van der Waals surface area contributed by atoms with Crippen LogP contribution in [0, 0.1) is 0 Å². The van der Waals surface area contributed by atoms with Gasteiger partial charge in [-0.2, -0.15) is 22.8 Å². The number of para-hydroxylation sites is 2. The Hall–Kier alpha value is -3.23. The van der Waals surface area contributed by atoms with E-state index in [1.54, 1.807) is 31.3 Å². The molecule has 0 unspecified atom stereocenters. The van der Waals surface area contributed by atoms with Crippen molar-refractivity contribution in [1.29, 1.82) is 0 Å². The molecule has 0 atom stereocenters. The van der Waals surface area contributed by atoms with E-state index in [1.807, 2.05) is 42.5 Å². The van der Waals surface area contributed by atoms with E-state index >= 15 is 0 Å². The Balaban J connectivity index is 1.84. The second kappa shape index (κ2) is 6.98. The van der Waals surface area contributed by atoms with Gasteiger partial charge in [0.05, 0.1) is 22.5 Å². The van der Waals surface area contributed by atoms with E-state index in [-0.39, 0.29) is 5.91 Å². The van der Waals surface area contributed by atoms with E-state index < -0.39 is 10.2 Å². The third-order valence-electron chi connectivity index (χ3n) is 4.78. The van der Waals surface area contributed by atoms with E-state index in [0.717, 1.165) is 9.69 Å². The first kappa shape index (κ1) is 19.1. The van der Waals surface area contributed by atoms with Crippen molar-refractivity contribution < 1.29 is 13.2 Å². The molecule has 1 amide bonds. The first-order valence-electron chi connectivity index (χ1n) is 9.00. The molecule has 0 fully saturated rings. The minimum Gasteiger partial charge on any atom is -0.267 e. The fourth-order valence-corrected chi connectivity index (χ4v) is 4.25. The van der Waals surface area contributed by atoms with Crippen LogP contribution in [0.25, 0.3) is 17.0 Å². The van der Waals surface area contributed by atoms with Crippen LogP contribution in [0.5, 0.6) is 0 Å². The third kappa shape index (κ3) is 3.16. The van der Waals surface area contributed by atoms with E-state index in [1.165, 1.54) is 23.1 Å². The predicted molar refractivity (Wildman–Crippen MR) is 115 cm³/mol. The number of fused-ring (bicyclic) bond motifs is 1. The van der Waals surface area contributed by atoms with Crippen LogP contribution in [0.4, 0.5) is 5.69 Å². The molecule has 4 rings (SSSR count). The molecule has 2 heterocycles. The van der Waals surface area contributed by atoms with Crippen molar-refractivity contribution in [2.24, 2.45) is 5.10 Å². The molecule has 1 aliphatic rings. The number of benzene rings is 2. The van der Waals surface area contributed by atoms with Crippen LogP contribution in [0.3, 0.4) is 0 Å². The van der Waals surface area contributed by atoms with Gasteiger partial charge >= 0.3 is 10.2 Å². The minimum absolute atomic E-state index is 0.249. The highest BCUT2D eigenvalue weighted by atomic mass is 32.2. The van der Waals surface area contributed by atoms with Crippen molar-refractivity contribution in [3.8, 4) is 0 Å². The van der Waals surface area contributed by atoms with Crippen LogP contribution in [0.2, 0.25) is 0 Å². The molecule has 0 radical (unpaired) electrons. The molecule has 0 spiro atoms. The van der Waals surface area contributed by atoms with Crippen molar-refractivity contribution >= 4 is 44.5 Å². The van der Waals surface area contributed by atoms with Crippen LogP contribution in [-0.2, 0) is 15.0 Å². The Labute approximate surface area is 169 Å². The Morgan fingerprint density at radius 3 is 2.34 bits per heavy atom. The zero-order chi connectivity index (χ0) is 20.8. The number of rotatable bonds is 4. The van der Waals surface area contributed by atoms with Crippen LogP contribution in [-0.4, -0.2) is 42.4 Å². The standard InChI is InChI=1S/C21H20N4O3S/c1-15-19(21(26)25(22-15)17-9-5-4-6-10-17)13-16-14-24(29(27,28)23(2)3)20-12-8-7-11-18(16)20/h4-14H,1-3H3. The average Bonchev–Trinajstić information content (AvgIpc) is 3.22. The van der Waals surface area contributed by atoms with Gasteiger partial charge in [-0.1, -0.05) is 36.4 Å². The molecule has 2 aromatic carbocycles. The molecule has 0 saturated heterocycles. The molecule has 1 aliphatic heterocycles. The first-order valence-corrected chi connectivity index (χ1v) is 10.4. The number of anilines is 1. The molecule has 0 saturated carbocycles. The number of amides is 1. The number of aromatic nitrogens is 1. The number of nitrogens with zero attached hydrogens (tertiary/aromatic N) is 4. The summed E-state index contributed by atoms with van der Waals surface area (Å²) in [6.07, 6.45) is 3.24. The molecular weight excluding hydrogens is 388 g/mol. The summed E-state index contributed by atoms with van der Waals surface area (Å²) in [4.78, 5) is 13.0. The van der Waals surface area contributed by atoms with Crippen LogP contribution < -0.4 is 5.01 Å². The van der Waals surface area contributed by atoms with E-state index in [4.69, 9.17) is 0 Å². The summed E-state index contributed by atoms with van der Waals surface area (Å²) in [6, 6.07) is 16.4. The predicted octanol–water partition coefficient (Wildman–Crippen LogP) is 3.10. The Morgan fingerprint density at radius 1 is 1.00 bits per heavy atom. The highest BCUT2D eigenvalue weighted by Crippen LogP contribution is 2.29. The van der Waals surface area contributed by atoms with E-state index in [9.17, 15) is 13.2 Å². The lowest BCUT2D eigenvalue weighted by atomic mass is 10.1. The molecule has 29 heavy (non-hydrogen) atoms. The lowest BCUT2D eigenvalue weighted by Gasteiger charge is -2.13. The zero-order valence-electron chi connectivity index (χ0n) is 16.3. The number of carbonyl (C=O) groups excluding carboxylic acids is 1. The third-order valence-corrected chi connectivity index (χ3v) is 6.50. The highest BCUT2D eigenvalue weighted by Gasteiger charge is 2.29. The second-order valence-electron chi connectivity index (χ2n) is 6.88. The van der Waals surface area contributed by atoms with Crippen molar-refractivity contribution in [1.82, 2.24) is 8.28 Å². The van der Waals surface area contributed by atoms with Crippen molar-refractivity contribution in [3.05, 3.63) is 71.9 Å². The van der Waals surface area contributed by atoms with Crippen molar-refractivity contribution in [2.45, 2.75) is 6.92 Å². The van der Waals surface area contributed by atoms with E-state index in [0.29, 0.717) is 28.1 Å². The average molecular weight is 408 g/mol. The number of hydrogen-bond donors (Lipinski definition) is 0. The maximum atomic E-state index is 13.0. The van der Waals surface area contributed by atoms with Gasteiger partial charge in [-0.25, -0.2) is 3.97 Å². The molecule has 7 nitrogen and oxygen atoms in total. The summed E-state index contributed by atoms with van der Waals surface area (Å²) in [7, 11) is -0.735. The Bertz CT molecular complexity index is 1270. The Kier molecular flexibility index (Phi) is 4.60. The van der Waals surface area contributed by atoms with Gasteiger partial charge in [-0.15, -0.1) is 0 Å². The zero-order valence-corrected chi connectivity index (χ0v) is 17.1. The summed E-state index contributed by atoms with van der Waals surface area (Å²) in [5.41, 5.74) is 2.87. The van der Waals surface area contributed by atoms with Gasteiger partial charge < -0.3 is 0 Å². The Morgan fingerprint density at radius 2 is 1.66 bits per heavy atom. The summed E-state index contributed by atoms with van der Waals surface area (Å²) in [5.74, 6) is -0.249. The second-order valence-corrected chi connectivity index (χ2v) is 8.90. The van der Waals surface area contributed by atoms with Crippen LogP contribution in [0.1, 0.15) is 12.5 Å². The fourth-order valence-electron chi connectivity index (χ4n) is 3.24. The van der Waals surface area contributed by atoms with Crippen molar-refractivity contribution in [3.63, 3.8) is 0 Å². The molecule has 0 aliphatic carbocycles. The fraction of sp³-hybridized carbons (Fsp3) is 0.143. The van der Waals surface area contributed by atoms with Gasteiger partial charge in [0.2, 0.25) is 0 Å². The summed E-state index contributed by atoms with van der Waals surface area (Å²) in [5, 5.41) is 6.48. The molecular formula is C21H20N4O3S. The summed E-state index contributed by atoms with van der Waals surface area (Å²) in [6.45, 7) is 1.77. The van der Waals surface area contributed by atoms with Gasteiger partial charge in [0.15, 0.2) is 0 Å². The van der Waals surface area contributed by atoms with Gasteiger partial charge in [0, 0.05) is 31.2 Å². The topological polar surface area (TPSA) is 75.0 Å². The van der Waals surface area contributed by atoms with Crippen LogP contribution in [0.15, 0.2) is 71.5 Å². The SMILES string of the molecule is CC1=NN(c2ccccc2)C(=O)C1=Cc1cn(S(=O)(=O)N(C)C)c2ccccc12. The molecule has 1 aromatic heterocycles. The van der Waals surface area contributed by atoms with Gasteiger partial charge in [-0.3, -0.25) is 4.79 Å². The largest absolute Gasteiger partial charge is 0.307 e. The quantitative estimate of drug-likeness (QED) is 0.623. The normalized spacial score (nSPS) is 16.3. The van der Waals surface area contributed by atoms with Gasteiger partial charge in [-0.05, 0) is 31.2 Å². The number of hydrogen-bond acceptors (Lipinski definition) is 4. The monoisotopic (exact) mass is 408 g/mol. The van der Waals surface area contributed by atoms with Gasteiger partial charge in [0.1, 0.15) is 0 Å². The van der Waals surface area contributed by atoms with Gasteiger partial charge in [0.25, 0.3) is 5.91 Å². The van der Waals surface area contributed by atoms with Crippen LogP contribution >= 0.6 is 0 Å². The smallest absolute Gasteiger partial charge is 0.267 e. The highest BCUT2D eigenvalue weighted by molar-refractivity contribution is 7.87. The molecule has 148 valence electrons. The van der Waals surface area contributed by atoms with Crippen molar-refractivity contribution in [2.75, 3.05) is 19.1 Å². The molecule has 0 N–H and O–H groups in total. The first-order chi connectivity index (χ1) is 13.8. The summed E-state index contributed by atoms with van der Waals surface area (Å²) >= 11 is 0.